The topological polar surface area (TPSA) is 58.6 Å². The van der Waals surface area contributed by atoms with Crippen molar-refractivity contribution in [1.29, 1.82) is 0 Å². The average molecular weight is 572 g/mol. The number of unbranched alkanes of at least 4 members (excludes halogenated alkanes) is 1. The summed E-state index contributed by atoms with van der Waals surface area (Å²) in [4.78, 5) is 11.9. The van der Waals surface area contributed by atoms with Crippen LogP contribution < -0.4 is 10.1 Å². The van der Waals surface area contributed by atoms with Gasteiger partial charge in [-0.25, -0.2) is 18.0 Å². The number of alkyl halides is 3. The van der Waals surface area contributed by atoms with Crippen LogP contribution in [0, 0.1) is 11.7 Å². The molecule has 0 aliphatic heterocycles. The molecule has 4 aromatic rings. The zero-order valence-corrected chi connectivity index (χ0v) is 22.7. The highest BCUT2D eigenvalue weighted by Crippen LogP contribution is 2.49. The van der Waals surface area contributed by atoms with Gasteiger partial charge >= 0.3 is 5.97 Å². The van der Waals surface area contributed by atoms with Gasteiger partial charge in [0, 0.05) is 39.9 Å². The second-order valence-corrected chi connectivity index (χ2v) is 11.4. The zero-order chi connectivity index (χ0) is 28.4. The van der Waals surface area contributed by atoms with Crippen LogP contribution in [0.1, 0.15) is 54.9 Å². The summed E-state index contributed by atoms with van der Waals surface area (Å²) in [7, 11) is 0. The van der Waals surface area contributed by atoms with Crippen molar-refractivity contribution < 1.29 is 32.2 Å². The Bertz CT molecular complexity index is 1510. The summed E-state index contributed by atoms with van der Waals surface area (Å²) in [6.07, 6.45) is 4.71. The Balaban J connectivity index is 1.42. The first-order valence-electron chi connectivity index (χ1n) is 13.2. The van der Waals surface area contributed by atoms with Crippen LogP contribution in [-0.4, -0.2) is 23.8 Å². The van der Waals surface area contributed by atoms with Gasteiger partial charge in [0.2, 0.25) is 0 Å². The number of ether oxygens (including phenoxy) is 1. The van der Waals surface area contributed by atoms with Crippen LogP contribution in [0.3, 0.4) is 0 Å². The van der Waals surface area contributed by atoms with Gasteiger partial charge in [-0.2, -0.15) is 0 Å². The maximum Gasteiger partial charge on any atom is 0.335 e. The van der Waals surface area contributed by atoms with Crippen LogP contribution in [0.5, 0.6) is 11.5 Å². The third-order valence-corrected chi connectivity index (χ3v) is 8.43. The maximum absolute atomic E-state index is 14.5. The summed E-state index contributed by atoms with van der Waals surface area (Å²) >= 11 is 1.12. The molecule has 40 heavy (non-hydrogen) atoms. The van der Waals surface area contributed by atoms with Gasteiger partial charge in [-0.05, 0) is 79.8 Å². The summed E-state index contributed by atoms with van der Waals surface area (Å²) in [5.74, 6) is -3.81. The Kier molecular flexibility index (Phi) is 8.03. The number of thiophene rings is 1. The Hall–Kier alpha value is -3.59. The molecule has 1 aliphatic rings. The molecule has 5 rings (SSSR count). The summed E-state index contributed by atoms with van der Waals surface area (Å²) in [5, 5.41) is 13.5. The molecule has 1 heterocycles. The number of fused-ring (bicyclic) bond motifs is 1. The van der Waals surface area contributed by atoms with Crippen molar-refractivity contribution in [3.63, 3.8) is 0 Å². The number of nitrogens with one attached hydrogen (secondary N) is 1. The van der Waals surface area contributed by atoms with Crippen LogP contribution in [0.25, 0.3) is 20.5 Å². The minimum Gasteiger partial charge on any atom is -0.478 e. The first-order chi connectivity index (χ1) is 19.1. The van der Waals surface area contributed by atoms with Crippen molar-refractivity contribution >= 4 is 33.1 Å². The Labute approximate surface area is 233 Å². The van der Waals surface area contributed by atoms with E-state index in [-0.39, 0.29) is 17.8 Å². The maximum atomic E-state index is 14.5. The SMILES string of the molecule is CC(F)(F)c1cc(F)ccc1-c1sc2cc(C(=O)O)ccc2c1Oc1ccc(NC2CC(CCCCF)C2)cc1. The van der Waals surface area contributed by atoms with Crippen LogP contribution in [0.15, 0.2) is 60.7 Å². The van der Waals surface area contributed by atoms with Crippen molar-refractivity contribution in [1.82, 2.24) is 0 Å². The second kappa shape index (κ2) is 11.5. The number of carbonyl (C=O) groups is 1. The van der Waals surface area contributed by atoms with Crippen molar-refractivity contribution in [2.75, 3.05) is 12.0 Å². The standard InChI is InChI=1S/C31H29F4NO3S/c1-31(34,35)26-17-20(33)6-12-24(26)29-28(25-11-5-19(30(37)38)16-27(25)40-29)39-23-9-7-21(8-10-23)36-22-14-18(15-22)4-2-3-13-32/h5-12,16-18,22,36H,2-4,13-15H2,1H3,(H,37,38). The molecular weight excluding hydrogens is 542 g/mol. The molecule has 2 N–H and O–H groups in total. The van der Waals surface area contributed by atoms with E-state index in [1.54, 1.807) is 18.2 Å². The van der Waals surface area contributed by atoms with Crippen LogP contribution >= 0.6 is 11.3 Å². The predicted molar refractivity (Wildman–Crippen MR) is 150 cm³/mol. The summed E-state index contributed by atoms with van der Waals surface area (Å²) in [6, 6.07) is 15.4. The van der Waals surface area contributed by atoms with Gasteiger partial charge in [-0.1, -0.05) is 18.9 Å². The number of benzene rings is 3. The van der Waals surface area contributed by atoms with Gasteiger partial charge < -0.3 is 15.2 Å². The van der Waals surface area contributed by atoms with E-state index >= 15 is 0 Å². The number of carboxylic acid groups (broad SMARTS) is 1. The van der Waals surface area contributed by atoms with E-state index in [4.69, 9.17) is 4.74 Å². The molecular formula is C31H29F4NO3S. The molecule has 210 valence electrons. The molecule has 1 aliphatic carbocycles. The Morgan fingerprint density at radius 2 is 1.82 bits per heavy atom. The third-order valence-electron chi connectivity index (χ3n) is 7.27. The minimum absolute atomic E-state index is 0.0584. The summed E-state index contributed by atoms with van der Waals surface area (Å²) in [5.41, 5.74) is 0.618. The molecule has 4 nitrogen and oxygen atoms in total. The summed E-state index contributed by atoms with van der Waals surface area (Å²) in [6.45, 7) is 0.451. The van der Waals surface area contributed by atoms with Gasteiger partial charge in [-0.3, -0.25) is 4.39 Å². The molecule has 0 radical (unpaired) electrons. The molecule has 0 bridgehead atoms. The highest BCUT2D eigenvalue weighted by Gasteiger charge is 2.31. The lowest BCUT2D eigenvalue weighted by Gasteiger charge is -2.36. The number of anilines is 1. The number of halogens is 4. The smallest absolute Gasteiger partial charge is 0.335 e. The van der Waals surface area contributed by atoms with Crippen LogP contribution in [-0.2, 0) is 5.92 Å². The van der Waals surface area contributed by atoms with E-state index in [1.807, 2.05) is 12.1 Å². The average Bonchev–Trinajstić information content (AvgIpc) is 3.25. The van der Waals surface area contributed by atoms with Gasteiger partial charge in [0.15, 0.2) is 5.75 Å². The third kappa shape index (κ3) is 6.09. The van der Waals surface area contributed by atoms with E-state index in [2.05, 4.69) is 5.32 Å². The predicted octanol–water partition coefficient (Wildman–Crippen LogP) is 9.64. The van der Waals surface area contributed by atoms with E-state index in [0.29, 0.717) is 51.8 Å². The molecule has 0 saturated heterocycles. The highest BCUT2D eigenvalue weighted by atomic mass is 32.1. The van der Waals surface area contributed by atoms with Gasteiger partial charge in [-0.15, -0.1) is 11.3 Å². The van der Waals surface area contributed by atoms with Crippen LogP contribution in [0.4, 0.5) is 23.2 Å². The van der Waals surface area contributed by atoms with Gasteiger partial charge in [0.1, 0.15) is 11.6 Å². The molecule has 1 fully saturated rings. The van der Waals surface area contributed by atoms with Crippen molar-refractivity contribution in [3.05, 3.63) is 77.6 Å². The molecule has 1 aromatic heterocycles. The van der Waals surface area contributed by atoms with Crippen molar-refractivity contribution in [3.8, 4) is 21.9 Å². The molecule has 9 heteroatoms. The second-order valence-electron chi connectivity index (χ2n) is 10.3. The zero-order valence-electron chi connectivity index (χ0n) is 21.9. The molecule has 3 aromatic carbocycles. The van der Waals surface area contributed by atoms with Gasteiger partial charge in [0.05, 0.1) is 17.1 Å². The number of rotatable bonds is 11. The minimum atomic E-state index is -3.32. The molecule has 0 amide bonds. The van der Waals surface area contributed by atoms with E-state index in [0.717, 1.165) is 54.8 Å². The number of aromatic carboxylic acids is 1. The van der Waals surface area contributed by atoms with E-state index < -0.39 is 23.3 Å². The molecule has 0 spiro atoms. The van der Waals surface area contributed by atoms with E-state index in [1.165, 1.54) is 18.2 Å². The van der Waals surface area contributed by atoms with E-state index in [9.17, 15) is 27.5 Å². The Morgan fingerprint density at radius 3 is 2.50 bits per heavy atom. The number of carboxylic acids is 1. The molecule has 0 unspecified atom stereocenters. The van der Waals surface area contributed by atoms with Crippen LogP contribution in [0.2, 0.25) is 0 Å². The normalized spacial score (nSPS) is 17.0. The highest BCUT2D eigenvalue weighted by molar-refractivity contribution is 7.22. The van der Waals surface area contributed by atoms with Gasteiger partial charge in [0.25, 0.3) is 5.92 Å². The number of hydrogen-bond acceptors (Lipinski definition) is 4. The quantitative estimate of drug-likeness (QED) is 0.139. The molecule has 1 saturated carbocycles. The number of hydrogen-bond donors (Lipinski definition) is 2. The monoisotopic (exact) mass is 571 g/mol. The fourth-order valence-corrected chi connectivity index (χ4v) is 6.36. The fraction of sp³-hybridized carbons (Fsp3) is 0.323. The van der Waals surface area contributed by atoms with Crippen molar-refractivity contribution in [2.45, 2.75) is 51.0 Å². The largest absolute Gasteiger partial charge is 0.478 e. The first-order valence-corrected chi connectivity index (χ1v) is 14.0. The lowest BCUT2D eigenvalue weighted by molar-refractivity contribution is 0.0178. The summed E-state index contributed by atoms with van der Waals surface area (Å²) < 4.78 is 62.2. The molecule has 0 atom stereocenters. The lowest BCUT2D eigenvalue weighted by Crippen LogP contribution is -2.35. The Morgan fingerprint density at radius 1 is 1.07 bits per heavy atom. The first kappa shape index (κ1) is 28.0. The fourth-order valence-electron chi connectivity index (χ4n) is 5.15. The van der Waals surface area contributed by atoms with Crippen molar-refractivity contribution in [2.24, 2.45) is 5.92 Å². The lowest BCUT2D eigenvalue weighted by atomic mass is 9.77.